The van der Waals surface area contributed by atoms with Gasteiger partial charge < -0.3 is 15.2 Å². The van der Waals surface area contributed by atoms with E-state index in [4.69, 9.17) is 27.9 Å². The maximum absolute atomic E-state index is 12.9. The molecule has 2 amide bonds. The lowest BCUT2D eigenvalue weighted by Gasteiger charge is -2.49. The monoisotopic (exact) mass is 548 g/mol. The van der Waals surface area contributed by atoms with Gasteiger partial charge in [-0.05, 0) is 27.3 Å². The summed E-state index contributed by atoms with van der Waals surface area (Å²) in [5.41, 5.74) is 1.18. The SMILES string of the molecule is Cn1nnnc1SCC1=C(OC(=O)O)N2C(=O)C(NC(=O)C(=C(Cl)Cl)c3ccsc3)[C@@H]2SC1. The number of thioether (sulfide) groups is 2. The van der Waals surface area contributed by atoms with Gasteiger partial charge in [0.25, 0.3) is 11.8 Å². The number of carboxylic acid groups (broad SMARTS) is 1. The number of carbonyl (C=O) groups is 3. The standard InChI is InChI=1S/C17H14Cl2N6O5S3/c1-24-16(21-22-23-24)33-6-8-5-32-15-10(13(27)25(15)14(8)30-17(28)29)20-12(26)9(11(18)19)7-2-3-31-4-7/h2-4,10,15H,5-6H2,1H3,(H,20,26)(H,28,29)/t10?,15-/m0/s1. The quantitative estimate of drug-likeness (QED) is 0.229. The molecule has 0 spiro atoms. The lowest BCUT2D eigenvalue weighted by Crippen LogP contribution is -2.70. The summed E-state index contributed by atoms with van der Waals surface area (Å²) in [6, 6.07) is 0.792. The highest BCUT2D eigenvalue weighted by Crippen LogP contribution is 2.42. The van der Waals surface area contributed by atoms with Gasteiger partial charge in [-0.2, -0.15) is 11.3 Å². The zero-order valence-electron chi connectivity index (χ0n) is 16.6. The average Bonchev–Trinajstić information content (AvgIpc) is 3.42. The number of tetrazole rings is 1. The highest BCUT2D eigenvalue weighted by Gasteiger charge is 2.54. The predicted octanol–water partition coefficient (Wildman–Crippen LogP) is 2.52. The van der Waals surface area contributed by atoms with Crippen LogP contribution >= 0.6 is 58.1 Å². The third-order valence-corrected chi connectivity index (χ3v) is 8.14. The van der Waals surface area contributed by atoms with Crippen molar-refractivity contribution in [3.8, 4) is 0 Å². The number of halogens is 2. The first-order valence-corrected chi connectivity index (χ1v) is 12.8. The number of hydrogen-bond donors (Lipinski definition) is 2. The van der Waals surface area contributed by atoms with E-state index in [0.717, 1.165) is 0 Å². The van der Waals surface area contributed by atoms with Crippen LogP contribution in [0.3, 0.4) is 0 Å². The number of nitrogens with one attached hydrogen (secondary N) is 1. The van der Waals surface area contributed by atoms with Crippen LogP contribution in [0.1, 0.15) is 5.56 Å². The Kier molecular flexibility index (Phi) is 7.19. The molecular formula is C17H14Cl2N6O5S3. The fourth-order valence-corrected chi connectivity index (χ4v) is 6.49. The summed E-state index contributed by atoms with van der Waals surface area (Å²) in [5, 5.41) is 26.5. The van der Waals surface area contributed by atoms with Crippen LogP contribution in [0.2, 0.25) is 0 Å². The van der Waals surface area contributed by atoms with Gasteiger partial charge in [0.1, 0.15) is 15.9 Å². The molecule has 0 aromatic carbocycles. The van der Waals surface area contributed by atoms with Crippen LogP contribution in [0.25, 0.3) is 5.57 Å². The number of rotatable bonds is 7. The average molecular weight is 549 g/mol. The summed E-state index contributed by atoms with van der Waals surface area (Å²) in [7, 11) is 1.68. The highest BCUT2D eigenvalue weighted by atomic mass is 35.5. The van der Waals surface area contributed by atoms with Crippen LogP contribution in [0.15, 0.2) is 37.9 Å². The molecule has 0 bridgehead atoms. The van der Waals surface area contributed by atoms with Crippen LogP contribution in [0.5, 0.6) is 0 Å². The van der Waals surface area contributed by atoms with E-state index in [1.54, 1.807) is 23.9 Å². The van der Waals surface area contributed by atoms with E-state index in [0.29, 0.717) is 27.8 Å². The first-order valence-electron chi connectivity index (χ1n) is 9.09. The maximum atomic E-state index is 12.9. The number of fused-ring (bicyclic) bond motifs is 1. The molecule has 1 saturated heterocycles. The Morgan fingerprint density at radius 3 is 2.82 bits per heavy atom. The smallest absolute Gasteiger partial charge is 0.449 e. The normalized spacial score (nSPS) is 19.6. The molecule has 33 heavy (non-hydrogen) atoms. The van der Waals surface area contributed by atoms with Crippen molar-refractivity contribution < 1.29 is 24.2 Å². The molecule has 1 fully saturated rings. The Balaban J connectivity index is 1.51. The Labute approximate surface area is 209 Å². The number of carbonyl (C=O) groups excluding carboxylic acids is 2. The summed E-state index contributed by atoms with van der Waals surface area (Å²) in [6.07, 6.45) is -1.55. The van der Waals surface area contributed by atoms with E-state index in [-0.39, 0.29) is 15.9 Å². The maximum Gasteiger partial charge on any atom is 0.512 e. The van der Waals surface area contributed by atoms with Crippen LogP contribution in [0, 0.1) is 0 Å². The van der Waals surface area contributed by atoms with Gasteiger partial charge >= 0.3 is 6.16 Å². The van der Waals surface area contributed by atoms with Gasteiger partial charge in [-0.1, -0.05) is 35.0 Å². The Bertz CT molecular complexity index is 1160. The number of aryl methyl sites for hydroxylation is 1. The molecule has 2 aromatic rings. The van der Waals surface area contributed by atoms with E-state index >= 15 is 0 Å². The van der Waals surface area contributed by atoms with Crippen LogP contribution in [0.4, 0.5) is 4.79 Å². The number of thiophene rings is 1. The van der Waals surface area contributed by atoms with Crippen molar-refractivity contribution in [3.63, 3.8) is 0 Å². The first kappa shape index (κ1) is 23.9. The second-order valence-corrected chi connectivity index (χ2v) is 10.4. The van der Waals surface area contributed by atoms with Crippen LogP contribution in [-0.4, -0.2) is 71.1 Å². The Morgan fingerprint density at radius 2 is 2.21 bits per heavy atom. The van der Waals surface area contributed by atoms with E-state index in [1.807, 2.05) is 0 Å². The third kappa shape index (κ3) is 4.84. The topological polar surface area (TPSA) is 140 Å². The fraction of sp³-hybridized carbons (Fsp3) is 0.294. The van der Waals surface area contributed by atoms with Crippen molar-refractivity contribution in [1.29, 1.82) is 0 Å². The molecule has 174 valence electrons. The number of nitrogens with zero attached hydrogens (tertiary/aromatic N) is 5. The van der Waals surface area contributed by atoms with Gasteiger partial charge in [-0.25, -0.2) is 9.48 Å². The van der Waals surface area contributed by atoms with Gasteiger partial charge in [0.15, 0.2) is 0 Å². The number of ether oxygens (including phenoxy) is 1. The molecule has 2 aliphatic rings. The molecule has 2 aliphatic heterocycles. The lowest BCUT2D eigenvalue weighted by molar-refractivity contribution is -0.148. The van der Waals surface area contributed by atoms with Crippen molar-refractivity contribution in [1.82, 2.24) is 30.4 Å². The predicted molar refractivity (Wildman–Crippen MR) is 124 cm³/mol. The Hall–Kier alpha value is -2.26. The summed E-state index contributed by atoms with van der Waals surface area (Å²) >= 11 is 15.8. The molecule has 1 unspecified atom stereocenters. The molecule has 11 nitrogen and oxygen atoms in total. The number of aromatic nitrogens is 4. The summed E-state index contributed by atoms with van der Waals surface area (Å²) in [4.78, 5) is 38.2. The van der Waals surface area contributed by atoms with Crippen molar-refractivity contribution in [2.24, 2.45) is 7.05 Å². The zero-order valence-corrected chi connectivity index (χ0v) is 20.6. The summed E-state index contributed by atoms with van der Waals surface area (Å²) in [5.74, 6) is -0.480. The van der Waals surface area contributed by atoms with Crippen molar-refractivity contribution in [2.45, 2.75) is 16.6 Å². The fourth-order valence-electron chi connectivity index (χ4n) is 3.15. The minimum absolute atomic E-state index is 0.0542. The molecule has 16 heteroatoms. The number of β-lactam (4-membered cyclic amide) rings is 1. The van der Waals surface area contributed by atoms with Crippen molar-refractivity contribution in [3.05, 3.63) is 38.3 Å². The van der Waals surface area contributed by atoms with Crippen molar-refractivity contribution >= 4 is 81.6 Å². The van der Waals surface area contributed by atoms with Crippen LogP contribution in [-0.2, 0) is 21.4 Å². The van der Waals surface area contributed by atoms with E-state index in [9.17, 15) is 19.5 Å². The third-order valence-electron chi connectivity index (χ3n) is 4.65. The number of amides is 2. The summed E-state index contributed by atoms with van der Waals surface area (Å²) in [6.45, 7) is 0. The van der Waals surface area contributed by atoms with E-state index in [2.05, 4.69) is 20.8 Å². The largest absolute Gasteiger partial charge is 0.512 e. The van der Waals surface area contributed by atoms with Gasteiger partial charge in [0.2, 0.25) is 11.0 Å². The second kappa shape index (κ2) is 9.93. The number of hydrogen-bond acceptors (Lipinski definition) is 10. The minimum Gasteiger partial charge on any atom is -0.449 e. The highest BCUT2D eigenvalue weighted by molar-refractivity contribution is 8.01. The molecule has 2 atom stereocenters. The van der Waals surface area contributed by atoms with Gasteiger partial charge in [0, 0.05) is 29.7 Å². The van der Waals surface area contributed by atoms with Crippen LogP contribution < -0.4 is 5.32 Å². The van der Waals surface area contributed by atoms with E-state index < -0.39 is 29.4 Å². The minimum atomic E-state index is -1.55. The van der Waals surface area contributed by atoms with Gasteiger partial charge in [-0.15, -0.1) is 16.9 Å². The lowest BCUT2D eigenvalue weighted by atomic mass is 10.0. The first-order chi connectivity index (χ1) is 15.8. The van der Waals surface area contributed by atoms with E-state index in [1.165, 1.54) is 44.4 Å². The molecule has 2 aromatic heterocycles. The van der Waals surface area contributed by atoms with Gasteiger partial charge in [0.05, 0.1) is 5.57 Å². The molecular weight excluding hydrogens is 535 g/mol. The van der Waals surface area contributed by atoms with Gasteiger partial charge in [-0.3, -0.25) is 14.5 Å². The molecule has 0 aliphatic carbocycles. The molecule has 0 saturated carbocycles. The Morgan fingerprint density at radius 1 is 1.42 bits per heavy atom. The molecule has 4 rings (SSSR count). The molecule has 2 N–H and O–H groups in total. The molecule has 0 radical (unpaired) electrons. The summed E-state index contributed by atoms with van der Waals surface area (Å²) < 4.78 is 6.21. The zero-order chi connectivity index (χ0) is 23.7. The molecule has 4 heterocycles. The second-order valence-electron chi connectivity index (χ2n) is 6.66. The van der Waals surface area contributed by atoms with Crippen molar-refractivity contribution in [2.75, 3.05) is 11.5 Å².